The van der Waals surface area contributed by atoms with Gasteiger partial charge in [-0.05, 0) is 24.3 Å². The molecule has 1 aromatic carbocycles. The Bertz CT molecular complexity index is 568. The highest BCUT2D eigenvalue weighted by Gasteiger charge is 2.24. The molecule has 1 aromatic rings. The maximum Gasteiger partial charge on any atom is 0.328 e. The minimum atomic E-state index is -0.384. The summed E-state index contributed by atoms with van der Waals surface area (Å²) < 4.78 is 0. The average Bonchev–Trinajstić information content (AvgIpc) is 2.86. The smallest absolute Gasteiger partial charge is 0.328 e. The second kappa shape index (κ2) is 4.96. The Hall–Kier alpha value is -2.37. The predicted octanol–water partition coefficient (Wildman–Crippen LogP) is 0.912. The first-order valence-electron chi connectivity index (χ1n) is 6.61. The summed E-state index contributed by atoms with van der Waals surface area (Å²) in [5.74, 6) is 0.0152. The van der Waals surface area contributed by atoms with Gasteiger partial charge in [-0.25, -0.2) is 4.79 Å². The molecule has 0 aliphatic carbocycles. The minimum Gasteiger partial charge on any atom is -0.364 e. The van der Waals surface area contributed by atoms with E-state index in [2.05, 4.69) is 5.32 Å². The monoisotopic (exact) mass is 273 g/mol. The van der Waals surface area contributed by atoms with Gasteiger partial charge in [0.1, 0.15) is 0 Å². The topological polar surface area (TPSA) is 69.7 Å². The standard InChI is InChI=1S/C14H15N3O3/c18-12-5-7-16(9-12)10-1-3-11(4-2-10)17-8-6-13(19)15-14(17)20/h1-4H,5-9H2,(H,15,19,20). The van der Waals surface area contributed by atoms with E-state index in [1.807, 2.05) is 29.2 Å². The van der Waals surface area contributed by atoms with E-state index in [1.165, 1.54) is 0 Å². The maximum absolute atomic E-state index is 11.7. The van der Waals surface area contributed by atoms with Crippen molar-refractivity contribution < 1.29 is 14.4 Å². The van der Waals surface area contributed by atoms with E-state index in [0.717, 1.165) is 17.9 Å². The van der Waals surface area contributed by atoms with E-state index < -0.39 is 0 Å². The summed E-state index contributed by atoms with van der Waals surface area (Å²) in [6.07, 6.45) is 0.909. The van der Waals surface area contributed by atoms with Gasteiger partial charge in [-0.15, -0.1) is 0 Å². The third kappa shape index (κ3) is 2.36. The number of anilines is 2. The third-order valence-corrected chi connectivity index (χ3v) is 3.61. The van der Waals surface area contributed by atoms with Crippen LogP contribution in [0.4, 0.5) is 16.2 Å². The van der Waals surface area contributed by atoms with Crippen molar-refractivity contribution in [3.63, 3.8) is 0 Å². The highest BCUT2D eigenvalue weighted by Crippen LogP contribution is 2.24. The van der Waals surface area contributed by atoms with Crippen LogP contribution in [0.1, 0.15) is 12.8 Å². The number of carbonyl (C=O) groups is 3. The molecule has 1 N–H and O–H groups in total. The molecule has 2 aliphatic heterocycles. The molecular weight excluding hydrogens is 258 g/mol. The Balaban J connectivity index is 1.74. The van der Waals surface area contributed by atoms with Gasteiger partial charge in [-0.2, -0.15) is 0 Å². The van der Waals surface area contributed by atoms with Gasteiger partial charge in [0.2, 0.25) is 5.91 Å². The summed E-state index contributed by atoms with van der Waals surface area (Å²) in [5.41, 5.74) is 1.73. The number of imide groups is 1. The zero-order valence-electron chi connectivity index (χ0n) is 11.0. The average molecular weight is 273 g/mol. The second-order valence-electron chi connectivity index (χ2n) is 4.98. The lowest BCUT2D eigenvalue weighted by Crippen LogP contribution is -2.49. The van der Waals surface area contributed by atoms with E-state index in [1.54, 1.807) is 4.90 Å². The number of ketones is 1. The number of benzene rings is 1. The molecule has 104 valence electrons. The van der Waals surface area contributed by atoms with E-state index in [0.29, 0.717) is 25.9 Å². The number of amides is 3. The van der Waals surface area contributed by atoms with Gasteiger partial charge < -0.3 is 4.90 Å². The SMILES string of the molecule is O=C1CCN(c2ccc(N3CCC(=O)NC3=O)cc2)C1. The fourth-order valence-electron chi connectivity index (χ4n) is 2.50. The number of hydrogen-bond donors (Lipinski definition) is 1. The molecule has 0 spiro atoms. The van der Waals surface area contributed by atoms with Crippen LogP contribution >= 0.6 is 0 Å². The molecule has 6 nitrogen and oxygen atoms in total. The Kier molecular flexibility index (Phi) is 3.14. The molecule has 2 fully saturated rings. The number of nitrogens with one attached hydrogen (secondary N) is 1. The Morgan fingerprint density at radius 1 is 0.900 bits per heavy atom. The Labute approximate surface area is 116 Å². The molecule has 2 aliphatic rings. The van der Waals surface area contributed by atoms with Gasteiger partial charge in [0.05, 0.1) is 6.54 Å². The Morgan fingerprint density at radius 3 is 2.20 bits per heavy atom. The van der Waals surface area contributed by atoms with Crippen LogP contribution in [0.2, 0.25) is 0 Å². The quantitative estimate of drug-likeness (QED) is 0.869. The zero-order valence-corrected chi connectivity index (χ0v) is 11.0. The first-order chi connectivity index (χ1) is 9.63. The normalized spacial score (nSPS) is 19.5. The molecular formula is C14H15N3O3. The molecule has 2 heterocycles. The van der Waals surface area contributed by atoms with Crippen molar-refractivity contribution in [2.24, 2.45) is 0 Å². The van der Waals surface area contributed by atoms with Gasteiger partial charge in [0.25, 0.3) is 0 Å². The number of rotatable bonds is 2. The number of nitrogens with zero attached hydrogens (tertiary/aromatic N) is 2. The molecule has 2 saturated heterocycles. The van der Waals surface area contributed by atoms with Crippen LogP contribution in [-0.2, 0) is 9.59 Å². The van der Waals surface area contributed by atoms with Crippen molar-refractivity contribution in [1.29, 1.82) is 0 Å². The Morgan fingerprint density at radius 2 is 1.60 bits per heavy atom. The van der Waals surface area contributed by atoms with E-state index >= 15 is 0 Å². The fraction of sp³-hybridized carbons (Fsp3) is 0.357. The summed E-state index contributed by atoms with van der Waals surface area (Å²) in [5, 5.41) is 2.30. The largest absolute Gasteiger partial charge is 0.364 e. The van der Waals surface area contributed by atoms with Gasteiger partial charge in [-0.1, -0.05) is 0 Å². The van der Waals surface area contributed by atoms with Crippen LogP contribution in [0, 0.1) is 0 Å². The van der Waals surface area contributed by atoms with Crippen molar-refractivity contribution in [1.82, 2.24) is 5.32 Å². The fourth-order valence-corrected chi connectivity index (χ4v) is 2.50. The van der Waals surface area contributed by atoms with Crippen LogP contribution < -0.4 is 15.1 Å². The van der Waals surface area contributed by atoms with Crippen LogP contribution in [0.15, 0.2) is 24.3 Å². The number of urea groups is 1. The molecule has 0 radical (unpaired) electrons. The summed E-state index contributed by atoms with van der Waals surface area (Å²) in [7, 11) is 0. The van der Waals surface area contributed by atoms with Gasteiger partial charge in [0, 0.05) is 37.3 Å². The lowest BCUT2D eigenvalue weighted by molar-refractivity contribution is -0.120. The number of Topliss-reactive ketones (excluding diaryl/α,β-unsaturated/α-hetero) is 1. The molecule has 20 heavy (non-hydrogen) atoms. The predicted molar refractivity (Wildman–Crippen MR) is 73.8 cm³/mol. The van der Waals surface area contributed by atoms with Crippen LogP contribution in [-0.4, -0.2) is 37.4 Å². The first-order valence-corrected chi connectivity index (χ1v) is 6.61. The zero-order chi connectivity index (χ0) is 14.1. The molecule has 3 amide bonds. The molecule has 3 rings (SSSR count). The van der Waals surface area contributed by atoms with Crippen LogP contribution in [0.5, 0.6) is 0 Å². The van der Waals surface area contributed by atoms with Crippen LogP contribution in [0.3, 0.4) is 0 Å². The second-order valence-corrected chi connectivity index (χ2v) is 4.98. The highest BCUT2D eigenvalue weighted by molar-refractivity contribution is 6.05. The number of carbonyl (C=O) groups excluding carboxylic acids is 3. The van der Waals surface area contributed by atoms with Crippen LogP contribution in [0.25, 0.3) is 0 Å². The van der Waals surface area contributed by atoms with E-state index in [9.17, 15) is 14.4 Å². The maximum atomic E-state index is 11.7. The minimum absolute atomic E-state index is 0.238. The highest BCUT2D eigenvalue weighted by atomic mass is 16.2. The van der Waals surface area contributed by atoms with Crippen molar-refractivity contribution in [2.75, 3.05) is 29.4 Å². The lowest BCUT2D eigenvalue weighted by atomic mass is 10.2. The van der Waals surface area contributed by atoms with E-state index in [-0.39, 0.29) is 17.7 Å². The molecule has 6 heteroatoms. The first kappa shape index (κ1) is 12.7. The molecule has 0 aromatic heterocycles. The summed E-state index contributed by atoms with van der Waals surface area (Å²) in [6.45, 7) is 1.60. The summed E-state index contributed by atoms with van der Waals surface area (Å²) >= 11 is 0. The molecule has 0 bridgehead atoms. The molecule has 0 saturated carbocycles. The van der Waals surface area contributed by atoms with Gasteiger partial charge in [0.15, 0.2) is 5.78 Å². The van der Waals surface area contributed by atoms with Crippen molar-refractivity contribution in [3.05, 3.63) is 24.3 Å². The molecule has 0 unspecified atom stereocenters. The lowest BCUT2D eigenvalue weighted by Gasteiger charge is -2.27. The third-order valence-electron chi connectivity index (χ3n) is 3.61. The van der Waals surface area contributed by atoms with E-state index in [4.69, 9.17) is 0 Å². The van der Waals surface area contributed by atoms with Crippen molar-refractivity contribution >= 4 is 29.1 Å². The van der Waals surface area contributed by atoms with Gasteiger partial charge >= 0.3 is 6.03 Å². The van der Waals surface area contributed by atoms with Crippen molar-refractivity contribution in [2.45, 2.75) is 12.8 Å². The van der Waals surface area contributed by atoms with Gasteiger partial charge in [-0.3, -0.25) is 19.8 Å². The summed E-state index contributed by atoms with van der Waals surface area (Å²) in [4.78, 5) is 37.7. The number of hydrogen-bond acceptors (Lipinski definition) is 4. The van der Waals surface area contributed by atoms with Crippen molar-refractivity contribution in [3.8, 4) is 0 Å². The molecule has 0 atom stereocenters. The summed E-state index contributed by atoms with van der Waals surface area (Å²) in [6, 6.07) is 7.10.